The fourth-order valence-electron chi connectivity index (χ4n) is 2.84. The van der Waals surface area contributed by atoms with Crippen molar-refractivity contribution in [3.05, 3.63) is 64.9 Å². The third kappa shape index (κ3) is 3.62. The maximum absolute atomic E-state index is 12.9. The Bertz CT molecular complexity index is 907. The van der Waals surface area contributed by atoms with Gasteiger partial charge in [-0.25, -0.2) is 0 Å². The molecule has 0 saturated carbocycles. The molecule has 6 nitrogen and oxygen atoms in total. The van der Waals surface area contributed by atoms with Crippen LogP contribution in [0.3, 0.4) is 0 Å². The van der Waals surface area contributed by atoms with Gasteiger partial charge in [0.2, 0.25) is 0 Å². The van der Waals surface area contributed by atoms with Crippen LogP contribution in [0, 0.1) is 6.92 Å². The third-order valence-electron chi connectivity index (χ3n) is 4.15. The Morgan fingerprint density at radius 2 is 1.81 bits per heavy atom. The number of carbonyl (C=O) groups excluding carboxylic acids is 1. The number of anilines is 1. The molecule has 0 aromatic heterocycles. The average Bonchev–Trinajstić information content (AvgIpc) is 2.56. The zero-order valence-corrected chi connectivity index (χ0v) is 15.1. The minimum atomic E-state index is -0.644. The summed E-state index contributed by atoms with van der Waals surface area (Å²) in [5.74, 6) is -0.499. The van der Waals surface area contributed by atoms with Crippen molar-refractivity contribution in [2.45, 2.75) is 19.9 Å². The largest absolute Gasteiger partial charge is 0.508 e. The number of aromatic hydroxyl groups is 2. The fourth-order valence-corrected chi connectivity index (χ4v) is 3.11. The number of rotatable bonds is 3. The summed E-state index contributed by atoms with van der Waals surface area (Å²) in [4.78, 5) is 12.9. The Morgan fingerprint density at radius 1 is 1.12 bits per heavy atom. The van der Waals surface area contributed by atoms with Crippen molar-refractivity contribution in [3.63, 3.8) is 0 Å². The van der Waals surface area contributed by atoms with Crippen LogP contribution in [0.2, 0.25) is 0 Å². The standard InChI is InChI=1S/C19H19N3O3S/c1-10-3-5-12(6-4-10)21-18(25)16-11(2)20-19(26)22-17(16)14-8-7-13(23)9-15(14)24/h3-9,17,23-24H,1-2H3,(H,21,25)(H2,20,22,26). The lowest BCUT2D eigenvalue weighted by molar-refractivity contribution is -0.113. The predicted molar refractivity (Wildman–Crippen MR) is 104 cm³/mol. The third-order valence-corrected chi connectivity index (χ3v) is 4.37. The van der Waals surface area contributed by atoms with E-state index in [0.29, 0.717) is 27.6 Å². The van der Waals surface area contributed by atoms with Crippen molar-refractivity contribution >= 4 is 28.9 Å². The Balaban J connectivity index is 1.97. The van der Waals surface area contributed by atoms with E-state index in [-0.39, 0.29) is 17.4 Å². The molecule has 7 heteroatoms. The smallest absolute Gasteiger partial charge is 0.255 e. The first kappa shape index (κ1) is 17.8. The van der Waals surface area contributed by atoms with Crippen LogP contribution in [-0.2, 0) is 4.79 Å². The van der Waals surface area contributed by atoms with Crippen LogP contribution in [-0.4, -0.2) is 21.2 Å². The van der Waals surface area contributed by atoms with Gasteiger partial charge in [0.25, 0.3) is 5.91 Å². The molecule has 0 radical (unpaired) electrons. The maximum Gasteiger partial charge on any atom is 0.255 e. The van der Waals surface area contributed by atoms with Gasteiger partial charge in [0, 0.05) is 23.0 Å². The van der Waals surface area contributed by atoms with Crippen LogP contribution in [0.1, 0.15) is 24.1 Å². The molecule has 134 valence electrons. The molecule has 3 rings (SSSR count). The van der Waals surface area contributed by atoms with Crippen LogP contribution in [0.5, 0.6) is 11.5 Å². The average molecular weight is 369 g/mol. The van der Waals surface area contributed by atoms with E-state index in [1.165, 1.54) is 12.1 Å². The highest BCUT2D eigenvalue weighted by atomic mass is 32.1. The Morgan fingerprint density at radius 3 is 2.46 bits per heavy atom. The van der Waals surface area contributed by atoms with Gasteiger partial charge in [0.1, 0.15) is 11.5 Å². The second kappa shape index (κ2) is 7.05. The molecule has 0 saturated heterocycles. The van der Waals surface area contributed by atoms with Crippen molar-refractivity contribution in [2.75, 3.05) is 5.32 Å². The van der Waals surface area contributed by atoms with Crippen LogP contribution in [0.25, 0.3) is 0 Å². The molecular weight excluding hydrogens is 350 g/mol. The number of carbonyl (C=O) groups is 1. The molecule has 1 atom stereocenters. The Hall–Kier alpha value is -3.06. The minimum absolute atomic E-state index is 0.0610. The first-order chi connectivity index (χ1) is 12.3. The lowest BCUT2D eigenvalue weighted by Gasteiger charge is -2.30. The predicted octanol–water partition coefficient (Wildman–Crippen LogP) is 2.84. The maximum atomic E-state index is 12.9. The molecule has 1 amide bonds. The van der Waals surface area contributed by atoms with Crippen LogP contribution in [0.4, 0.5) is 5.69 Å². The number of amides is 1. The van der Waals surface area contributed by atoms with Gasteiger partial charge in [0.15, 0.2) is 5.11 Å². The van der Waals surface area contributed by atoms with E-state index >= 15 is 0 Å². The van der Waals surface area contributed by atoms with E-state index in [0.717, 1.165) is 5.56 Å². The topological polar surface area (TPSA) is 93.6 Å². The molecular formula is C19H19N3O3S. The number of thiocarbonyl (C=S) groups is 1. The SMILES string of the molecule is CC1=C(C(=O)Nc2ccc(C)cc2)C(c2ccc(O)cc2O)NC(=S)N1. The quantitative estimate of drug-likeness (QED) is 0.534. The summed E-state index contributed by atoms with van der Waals surface area (Å²) in [6, 6.07) is 11.1. The molecule has 0 spiro atoms. The number of phenolic OH excluding ortho intramolecular Hbond substituents is 2. The van der Waals surface area contributed by atoms with Gasteiger partial charge in [-0.3, -0.25) is 4.79 Å². The summed E-state index contributed by atoms with van der Waals surface area (Å²) >= 11 is 5.19. The van der Waals surface area contributed by atoms with Gasteiger partial charge in [-0.1, -0.05) is 17.7 Å². The van der Waals surface area contributed by atoms with E-state index in [1.54, 1.807) is 13.0 Å². The molecule has 1 aliphatic rings. The van der Waals surface area contributed by atoms with Gasteiger partial charge in [-0.15, -0.1) is 0 Å². The Kier molecular flexibility index (Phi) is 4.81. The van der Waals surface area contributed by atoms with Gasteiger partial charge in [-0.05, 0) is 50.3 Å². The van der Waals surface area contributed by atoms with E-state index in [2.05, 4.69) is 16.0 Å². The highest BCUT2D eigenvalue weighted by Gasteiger charge is 2.31. The van der Waals surface area contributed by atoms with Crippen molar-refractivity contribution < 1.29 is 15.0 Å². The van der Waals surface area contributed by atoms with Crippen molar-refractivity contribution in [1.82, 2.24) is 10.6 Å². The number of allylic oxidation sites excluding steroid dienone is 1. The van der Waals surface area contributed by atoms with Gasteiger partial charge >= 0.3 is 0 Å². The molecule has 0 fully saturated rings. The van der Waals surface area contributed by atoms with Crippen molar-refractivity contribution in [3.8, 4) is 11.5 Å². The molecule has 1 aliphatic heterocycles. The fraction of sp³-hybridized carbons (Fsp3) is 0.158. The Labute approximate surface area is 156 Å². The molecule has 2 aromatic carbocycles. The lowest BCUT2D eigenvalue weighted by Crippen LogP contribution is -2.45. The number of phenols is 2. The highest BCUT2D eigenvalue weighted by molar-refractivity contribution is 7.80. The summed E-state index contributed by atoms with van der Waals surface area (Å²) in [6.07, 6.45) is 0. The number of hydrogen-bond acceptors (Lipinski definition) is 4. The second-order valence-electron chi connectivity index (χ2n) is 6.13. The second-order valence-corrected chi connectivity index (χ2v) is 6.54. The van der Waals surface area contributed by atoms with Crippen molar-refractivity contribution in [2.24, 2.45) is 0 Å². The first-order valence-electron chi connectivity index (χ1n) is 8.03. The lowest BCUT2D eigenvalue weighted by atomic mass is 9.94. The van der Waals surface area contributed by atoms with E-state index in [9.17, 15) is 15.0 Å². The molecule has 0 aliphatic carbocycles. The number of hydrogen-bond donors (Lipinski definition) is 5. The zero-order chi connectivity index (χ0) is 18.8. The summed E-state index contributed by atoms with van der Waals surface area (Å²) < 4.78 is 0. The minimum Gasteiger partial charge on any atom is -0.508 e. The highest BCUT2D eigenvalue weighted by Crippen LogP contribution is 2.34. The molecule has 1 unspecified atom stereocenters. The normalized spacial score (nSPS) is 16.7. The van der Waals surface area contributed by atoms with E-state index in [1.807, 2.05) is 31.2 Å². The molecule has 5 N–H and O–H groups in total. The van der Waals surface area contributed by atoms with Gasteiger partial charge in [0.05, 0.1) is 11.6 Å². The van der Waals surface area contributed by atoms with E-state index < -0.39 is 6.04 Å². The summed E-state index contributed by atoms with van der Waals surface area (Å²) in [5.41, 5.74) is 3.20. The number of aryl methyl sites for hydroxylation is 1. The number of nitrogens with one attached hydrogen (secondary N) is 3. The molecule has 26 heavy (non-hydrogen) atoms. The van der Waals surface area contributed by atoms with Crippen LogP contribution in [0.15, 0.2) is 53.7 Å². The molecule has 1 heterocycles. The van der Waals surface area contributed by atoms with Crippen molar-refractivity contribution in [1.29, 1.82) is 0 Å². The summed E-state index contributed by atoms with van der Waals surface area (Å²) in [5, 5.41) is 28.9. The van der Waals surface area contributed by atoms with Gasteiger partial charge in [-0.2, -0.15) is 0 Å². The molecule has 0 bridgehead atoms. The van der Waals surface area contributed by atoms with Gasteiger partial charge < -0.3 is 26.2 Å². The summed E-state index contributed by atoms with van der Waals surface area (Å²) in [6.45, 7) is 3.72. The summed E-state index contributed by atoms with van der Waals surface area (Å²) in [7, 11) is 0. The first-order valence-corrected chi connectivity index (χ1v) is 8.44. The van der Waals surface area contributed by atoms with Crippen LogP contribution >= 0.6 is 12.2 Å². The zero-order valence-electron chi connectivity index (χ0n) is 14.3. The number of benzene rings is 2. The molecule has 2 aromatic rings. The monoisotopic (exact) mass is 369 g/mol. The van der Waals surface area contributed by atoms with Crippen LogP contribution < -0.4 is 16.0 Å². The van der Waals surface area contributed by atoms with E-state index in [4.69, 9.17) is 12.2 Å².